The van der Waals surface area contributed by atoms with Crippen LogP contribution >= 0.6 is 0 Å². The Hall–Kier alpha value is -2.28. The molecular formula is C16H18N2O2. The zero-order chi connectivity index (χ0) is 14.4. The molecule has 2 rings (SSSR count). The van der Waals surface area contributed by atoms with Crippen molar-refractivity contribution in [2.24, 2.45) is 0 Å². The number of ether oxygens (including phenoxy) is 1. The van der Waals surface area contributed by atoms with Crippen LogP contribution < -0.4 is 10.1 Å². The van der Waals surface area contributed by atoms with E-state index in [1.54, 1.807) is 25.3 Å². The Bertz CT molecular complexity index is 535. The van der Waals surface area contributed by atoms with E-state index in [0.29, 0.717) is 0 Å². The fourth-order valence-electron chi connectivity index (χ4n) is 2.35. The van der Waals surface area contributed by atoms with Gasteiger partial charge in [0.25, 0.3) is 5.91 Å². The molecular weight excluding hydrogens is 252 g/mol. The molecule has 0 aromatic heterocycles. The van der Waals surface area contributed by atoms with Crippen LogP contribution in [0.3, 0.4) is 0 Å². The molecule has 0 atom stereocenters. The fourth-order valence-corrected chi connectivity index (χ4v) is 2.35. The maximum absolute atomic E-state index is 12.0. The van der Waals surface area contributed by atoms with Gasteiger partial charge in [-0.05, 0) is 36.6 Å². The maximum Gasteiger partial charge on any atom is 0.262 e. The van der Waals surface area contributed by atoms with Crippen molar-refractivity contribution in [3.05, 3.63) is 35.4 Å². The van der Waals surface area contributed by atoms with Gasteiger partial charge in [0, 0.05) is 6.04 Å². The number of benzene rings is 1. The molecule has 20 heavy (non-hydrogen) atoms. The predicted molar refractivity (Wildman–Crippen MR) is 77.0 cm³/mol. The first-order chi connectivity index (χ1) is 9.72. The van der Waals surface area contributed by atoms with Crippen LogP contribution in [-0.2, 0) is 4.79 Å². The van der Waals surface area contributed by atoms with E-state index in [-0.39, 0.29) is 17.5 Å². The molecule has 1 aliphatic rings. The van der Waals surface area contributed by atoms with Crippen molar-refractivity contribution in [3.63, 3.8) is 0 Å². The van der Waals surface area contributed by atoms with Crippen LogP contribution in [0.1, 0.15) is 31.2 Å². The Labute approximate surface area is 119 Å². The number of nitrogens with one attached hydrogen (secondary N) is 1. The smallest absolute Gasteiger partial charge is 0.262 e. The zero-order valence-corrected chi connectivity index (χ0v) is 11.6. The minimum Gasteiger partial charge on any atom is -0.497 e. The van der Waals surface area contributed by atoms with Crippen LogP contribution in [0.2, 0.25) is 0 Å². The molecule has 1 aromatic carbocycles. The average Bonchev–Trinajstić information content (AvgIpc) is 2.98. The Morgan fingerprint density at radius 2 is 2.00 bits per heavy atom. The van der Waals surface area contributed by atoms with Crippen molar-refractivity contribution in [2.45, 2.75) is 31.7 Å². The topological polar surface area (TPSA) is 62.1 Å². The summed E-state index contributed by atoms with van der Waals surface area (Å²) in [5, 5.41) is 12.0. The van der Waals surface area contributed by atoms with E-state index in [2.05, 4.69) is 5.32 Å². The molecule has 4 nitrogen and oxygen atoms in total. The van der Waals surface area contributed by atoms with Crippen molar-refractivity contribution in [1.29, 1.82) is 5.26 Å². The van der Waals surface area contributed by atoms with Crippen LogP contribution in [-0.4, -0.2) is 19.1 Å². The van der Waals surface area contributed by atoms with Crippen LogP contribution in [0.25, 0.3) is 6.08 Å². The first kappa shape index (κ1) is 14.1. The van der Waals surface area contributed by atoms with Gasteiger partial charge < -0.3 is 10.1 Å². The highest BCUT2D eigenvalue weighted by molar-refractivity contribution is 6.01. The molecule has 104 valence electrons. The lowest BCUT2D eigenvalue weighted by atomic mass is 10.1. The summed E-state index contributed by atoms with van der Waals surface area (Å²) in [6, 6.07) is 9.43. The van der Waals surface area contributed by atoms with Crippen molar-refractivity contribution < 1.29 is 9.53 Å². The lowest BCUT2D eigenvalue weighted by Crippen LogP contribution is -2.33. The number of carbonyl (C=O) groups excluding carboxylic acids is 1. The molecule has 0 heterocycles. The van der Waals surface area contributed by atoms with Crippen LogP contribution in [0.4, 0.5) is 0 Å². The third-order valence-electron chi connectivity index (χ3n) is 3.48. The first-order valence-electron chi connectivity index (χ1n) is 6.79. The summed E-state index contributed by atoms with van der Waals surface area (Å²) in [5.41, 5.74) is 0.950. The molecule has 0 radical (unpaired) electrons. The molecule has 1 aromatic rings. The van der Waals surface area contributed by atoms with Gasteiger partial charge in [-0.25, -0.2) is 0 Å². The summed E-state index contributed by atoms with van der Waals surface area (Å²) in [5.74, 6) is 0.464. The second-order valence-electron chi connectivity index (χ2n) is 4.90. The van der Waals surface area contributed by atoms with Crippen molar-refractivity contribution in [1.82, 2.24) is 5.32 Å². The highest BCUT2D eigenvalue weighted by atomic mass is 16.5. The van der Waals surface area contributed by atoms with Crippen LogP contribution in [0.15, 0.2) is 29.8 Å². The number of methoxy groups -OCH3 is 1. The molecule has 0 unspecified atom stereocenters. The highest BCUT2D eigenvalue weighted by Gasteiger charge is 2.19. The molecule has 4 heteroatoms. The number of rotatable bonds is 4. The van der Waals surface area contributed by atoms with Gasteiger partial charge in [0.2, 0.25) is 0 Å². The predicted octanol–water partition coefficient (Wildman–Crippen LogP) is 2.66. The molecule has 1 fully saturated rings. The largest absolute Gasteiger partial charge is 0.497 e. The van der Waals surface area contributed by atoms with Gasteiger partial charge in [-0.2, -0.15) is 5.26 Å². The lowest BCUT2D eigenvalue weighted by molar-refractivity contribution is -0.117. The second kappa shape index (κ2) is 6.76. The molecule has 1 aliphatic carbocycles. The normalized spacial score (nSPS) is 15.7. The molecule has 1 saturated carbocycles. The third kappa shape index (κ3) is 3.61. The van der Waals surface area contributed by atoms with E-state index in [1.807, 2.05) is 18.2 Å². The monoisotopic (exact) mass is 270 g/mol. The molecule has 1 amide bonds. The summed E-state index contributed by atoms with van der Waals surface area (Å²) in [7, 11) is 1.60. The van der Waals surface area contributed by atoms with Gasteiger partial charge >= 0.3 is 0 Å². The number of amides is 1. The van der Waals surface area contributed by atoms with Crippen molar-refractivity contribution in [2.75, 3.05) is 7.11 Å². The summed E-state index contributed by atoms with van der Waals surface area (Å²) in [6.07, 6.45) is 5.91. The number of hydrogen-bond acceptors (Lipinski definition) is 3. The first-order valence-corrected chi connectivity index (χ1v) is 6.79. The van der Waals surface area contributed by atoms with E-state index in [1.165, 1.54) is 0 Å². The van der Waals surface area contributed by atoms with Crippen LogP contribution in [0.5, 0.6) is 5.75 Å². The molecule has 1 N–H and O–H groups in total. The number of nitriles is 1. The minimum absolute atomic E-state index is 0.141. The third-order valence-corrected chi connectivity index (χ3v) is 3.48. The van der Waals surface area contributed by atoms with Gasteiger partial charge in [-0.1, -0.05) is 25.0 Å². The Morgan fingerprint density at radius 3 is 2.55 bits per heavy atom. The van der Waals surface area contributed by atoms with E-state index in [9.17, 15) is 4.79 Å². The molecule has 0 aliphatic heterocycles. The van der Waals surface area contributed by atoms with Gasteiger partial charge in [-0.3, -0.25) is 4.79 Å². The Kier molecular flexibility index (Phi) is 4.78. The minimum atomic E-state index is -0.282. The lowest BCUT2D eigenvalue weighted by Gasteiger charge is -2.10. The van der Waals surface area contributed by atoms with E-state index in [0.717, 1.165) is 37.0 Å². The summed E-state index contributed by atoms with van der Waals surface area (Å²) < 4.78 is 5.07. The van der Waals surface area contributed by atoms with E-state index >= 15 is 0 Å². The number of nitrogens with zero attached hydrogens (tertiary/aromatic N) is 1. The average molecular weight is 270 g/mol. The quantitative estimate of drug-likeness (QED) is 0.676. The SMILES string of the molecule is COc1ccc(C=C(C#N)C(=O)NC2CCCC2)cc1. The van der Waals surface area contributed by atoms with E-state index < -0.39 is 0 Å². The summed E-state index contributed by atoms with van der Waals surface area (Å²) in [6.45, 7) is 0. The van der Waals surface area contributed by atoms with Gasteiger partial charge in [0.1, 0.15) is 17.4 Å². The Morgan fingerprint density at radius 1 is 1.35 bits per heavy atom. The maximum atomic E-state index is 12.0. The van der Waals surface area contributed by atoms with Crippen molar-refractivity contribution in [3.8, 4) is 11.8 Å². The highest BCUT2D eigenvalue weighted by Crippen LogP contribution is 2.18. The number of carbonyl (C=O) groups is 1. The number of hydrogen-bond donors (Lipinski definition) is 1. The van der Waals surface area contributed by atoms with Gasteiger partial charge in [0.15, 0.2) is 0 Å². The van der Waals surface area contributed by atoms with Gasteiger partial charge in [0.05, 0.1) is 7.11 Å². The second-order valence-corrected chi connectivity index (χ2v) is 4.90. The summed E-state index contributed by atoms with van der Waals surface area (Å²) in [4.78, 5) is 12.0. The zero-order valence-electron chi connectivity index (χ0n) is 11.6. The van der Waals surface area contributed by atoms with E-state index in [4.69, 9.17) is 10.00 Å². The molecule has 0 spiro atoms. The molecule has 0 saturated heterocycles. The molecule has 0 bridgehead atoms. The standard InChI is InChI=1S/C16H18N2O2/c1-20-15-8-6-12(7-9-15)10-13(11-17)16(19)18-14-4-2-3-5-14/h6-10,14H,2-5H2,1H3,(H,18,19). The fraction of sp³-hybridized carbons (Fsp3) is 0.375. The van der Waals surface area contributed by atoms with Crippen molar-refractivity contribution >= 4 is 12.0 Å². The van der Waals surface area contributed by atoms with Crippen LogP contribution in [0, 0.1) is 11.3 Å². The Balaban J connectivity index is 2.07. The van der Waals surface area contributed by atoms with Gasteiger partial charge in [-0.15, -0.1) is 0 Å². The summed E-state index contributed by atoms with van der Waals surface area (Å²) >= 11 is 0.